The Morgan fingerprint density at radius 2 is 2.57 bits per heavy atom. The summed E-state index contributed by atoms with van der Waals surface area (Å²) in [5, 5.41) is 5.90. The van der Waals surface area contributed by atoms with Crippen molar-refractivity contribution < 1.29 is 14.4 Å². The van der Waals surface area contributed by atoms with E-state index in [-0.39, 0.29) is 16.7 Å². The summed E-state index contributed by atoms with van der Waals surface area (Å²) in [7, 11) is 1.29. The van der Waals surface area contributed by atoms with Crippen LogP contribution in [0.3, 0.4) is 0 Å². The number of hydrogen-bond acceptors (Lipinski definition) is 7. The topological polar surface area (TPSA) is 93.5 Å². The SMILES string of the molecule is CO/N=C(/[C]=O)c1nsc(NC=O)n1. The fraction of sp³-hybridized carbons (Fsp3) is 0.167. The van der Waals surface area contributed by atoms with Crippen molar-refractivity contribution in [2.75, 3.05) is 12.4 Å². The van der Waals surface area contributed by atoms with Crippen molar-refractivity contribution in [3.8, 4) is 0 Å². The lowest BCUT2D eigenvalue weighted by molar-refractivity contribution is -0.105. The Bertz CT molecular complexity index is 362. The van der Waals surface area contributed by atoms with Crippen LogP contribution in [0.5, 0.6) is 0 Å². The van der Waals surface area contributed by atoms with E-state index in [9.17, 15) is 9.59 Å². The van der Waals surface area contributed by atoms with Gasteiger partial charge in [0.2, 0.25) is 17.4 Å². The van der Waals surface area contributed by atoms with Crippen LogP contribution in [0.2, 0.25) is 0 Å². The van der Waals surface area contributed by atoms with Crippen LogP contribution in [-0.2, 0) is 14.4 Å². The predicted molar refractivity (Wildman–Crippen MR) is 48.8 cm³/mol. The van der Waals surface area contributed by atoms with Crippen LogP contribution in [0.1, 0.15) is 5.82 Å². The van der Waals surface area contributed by atoms with Crippen molar-refractivity contribution in [1.29, 1.82) is 0 Å². The quantitative estimate of drug-likeness (QED) is 0.407. The summed E-state index contributed by atoms with van der Waals surface area (Å²) < 4.78 is 3.76. The molecular weight excluding hydrogens is 208 g/mol. The van der Waals surface area contributed by atoms with Gasteiger partial charge in [-0.1, -0.05) is 5.16 Å². The Hall–Kier alpha value is -1.83. The van der Waals surface area contributed by atoms with Crippen molar-refractivity contribution in [3.63, 3.8) is 0 Å². The third kappa shape index (κ3) is 2.33. The van der Waals surface area contributed by atoms with Gasteiger partial charge >= 0.3 is 0 Å². The molecule has 0 saturated carbocycles. The highest BCUT2D eigenvalue weighted by molar-refractivity contribution is 7.10. The van der Waals surface area contributed by atoms with Crippen molar-refractivity contribution >= 4 is 35.1 Å². The number of carbonyl (C=O) groups excluding carboxylic acids is 2. The van der Waals surface area contributed by atoms with Gasteiger partial charge in [0.05, 0.1) is 0 Å². The lowest BCUT2D eigenvalue weighted by atomic mass is 10.4. The van der Waals surface area contributed by atoms with E-state index in [0.717, 1.165) is 11.5 Å². The minimum Gasteiger partial charge on any atom is -0.398 e. The third-order valence-electron chi connectivity index (χ3n) is 1.10. The molecule has 73 valence electrons. The summed E-state index contributed by atoms with van der Waals surface area (Å²) in [6.07, 6.45) is 1.98. The number of rotatable bonds is 5. The normalized spacial score (nSPS) is 10.8. The van der Waals surface area contributed by atoms with E-state index in [2.05, 4.69) is 24.7 Å². The molecule has 1 N–H and O–H groups in total. The van der Waals surface area contributed by atoms with E-state index in [4.69, 9.17) is 0 Å². The highest BCUT2D eigenvalue weighted by atomic mass is 32.1. The van der Waals surface area contributed by atoms with Crippen LogP contribution in [0, 0.1) is 0 Å². The van der Waals surface area contributed by atoms with Crippen LogP contribution in [0.4, 0.5) is 5.13 Å². The number of anilines is 1. The molecule has 1 aromatic rings. The second-order valence-corrected chi connectivity index (χ2v) is 2.66. The molecule has 0 aliphatic carbocycles. The first-order chi connectivity index (χ1) is 6.81. The molecule has 1 rings (SSSR count). The number of amides is 1. The van der Waals surface area contributed by atoms with Gasteiger partial charge in [-0.05, 0) is 0 Å². The minimum absolute atomic E-state index is 0.0659. The van der Waals surface area contributed by atoms with Crippen LogP contribution < -0.4 is 5.32 Å². The Kier molecular flexibility index (Phi) is 3.68. The van der Waals surface area contributed by atoms with Gasteiger partial charge in [-0.2, -0.15) is 9.36 Å². The number of aromatic nitrogens is 2. The van der Waals surface area contributed by atoms with Gasteiger partial charge in [0.25, 0.3) is 6.29 Å². The smallest absolute Gasteiger partial charge is 0.261 e. The molecule has 0 fully saturated rings. The molecule has 1 heterocycles. The van der Waals surface area contributed by atoms with Gasteiger partial charge in [0.1, 0.15) is 7.11 Å². The maximum atomic E-state index is 10.4. The van der Waals surface area contributed by atoms with Gasteiger partial charge in [0, 0.05) is 11.5 Å². The van der Waals surface area contributed by atoms with Crippen LogP contribution >= 0.6 is 11.5 Å². The molecule has 0 atom stereocenters. The molecule has 1 amide bonds. The number of oxime groups is 1. The predicted octanol–water partition coefficient (Wildman–Crippen LogP) is -0.433. The molecule has 0 spiro atoms. The molecule has 0 saturated heterocycles. The molecule has 14 heavy (non-hydrogen) atoms. The first-order valence-electron chi connectivity index (χ1n) is 3.35. The zero-order chi connectivity index (χ0) is 10.4. The summed E-state index contributed by atoms with van der Waals surface area (Å²) in [4.78, 5) is 28.6. The molecule has 0 aromatic carbocycles. The van der Waals surface area contributed by atoms with E-state index in [0.29, 0.717) is 6.41 Å². The number of nitrogens with one attached hydrogen (secondary N) is 1. The Balaban J connectivity index is 2.88. The lowest BCUT2D eigenvalue weighted by Gasteiger charge is -1.89. The second-order valence-electron chi connectivity index (χ2n) is 1.91. The maximum absolute atomic E-state index is 10.4. The molecule has 1 radical (unpaired) electrons. The first-order valence-corrected chi connectivity index (χ1v) is 4.12. The second kappa shape index (κ2) is 5.02. The number of carbonyl (C=O) groups is 1. The zero-order valence-corrected chi connectivity index (χ0v) is 7.87. The molecular formula is C6H5N4O3S. The minimum atomic E-state index is -0.150. The maximum Gasteiger partial charge on any atom is 0.261 e. The summed E-state index contributed by atoms with van der Waals surface area (Å²) >= 11 is 0.925. The zero-order valence-electron chi connectivity index (χ0n) is 7.05. The Morgan fingerprint density at radius 3 is 3.14 bits per heavy atom. The monoisotopic (exact) mass is 213 g/mol. The van der Waals surface area contributed by atoms with Crippen LogP contribution in [0.25, 0.3) is 0 Å². The van der Waals surface area contributed by atoms with Gasteiger partial charge in [-0.15, -0.1) is 0 Å². The summed E-state index contributed by atoms with van der Waals surface area (Å²) in [6, 6.07) is 0. The third-order valence-corrected chi connectivity index (χ3v) is 1.75. The molecule has 0 unspecified atom stereocenters. The van der Waals surface area contributed by atoms with Gasteiger partial charge < -0.3 is 10.2 Å². The fourth-order valence-corrected chi connectivity index (χ4v) is 1.15. The molecule has 0 aliphatic heterocycles. The average Bonchev–Trinajstić information content (AvgIpc) is 2.63. The molecule has 8 heteroatoms. The van der Waals surface area contributed by atoms with E-state index >= 15 is 0 Å². The van der Waals surface area contributed by atoms with Gasteiger partial charge in [0.15, 0.2) is 5.71 Å². The molecule has 1 aromatic heterocycles. The molecule has 0 bridgehead atoms. The van der Waals surface area contributed by atoms with Crippen molar-refractivity contribution in [2.24, 2.45) is 5.16 Å². The van der Waals surface area contributed by atoms with E-state index < -0.39 is 0 Å². The van der Waals surface area contributed by atoms with Gasteiger partial charge in [-0.25, -0.2) is 0 Å². The first kappa shape index (κ1) is 10.3. The van der Waals surface area contributed by atoms with E-state index in [1.807, 2.05) is 0 Å². The fourth-order valence-electron chi connectivity index (χ4n) is 0.625. The van der Waals surface area contributed by atoms with Crippen LogP contribution in [0.15, 0.2) is 5.16 Å². The Labute approximate surface area is 82.9 Å². The lowest BCUT2D eigenvalue weighted by Crippen LogP contribution is -2.05. The number of hydrogen-bond donors (Lipinski definition) is 1. The van der Waals surface area contributed by atoms with Crippen molar-refractivity contribution in [1.82, 2.24) is 9.36 Å². The van der Waals surface area contributed by atoms with Gasteiger partial charge in [-0.3, -0.25) is 9.59 Å². The molecule has 0 aliphatic rings. The summed E-state index contributed by atoms with van der Waals surface area (Å²) in [5.41, 5.74) is -0.150. The standard InChI is InChI=1S/C6H5N4O3S/c1-13-9-4(2-11)5-8-6(7-3-12)14-10-5/h3H,1H3,(H,7,8,10,12)/b9-4-. The Morgan fingerprint density at radius 1 is 1.79 bits per heavy atom. The summed E-state index contributed by atoms with van der Waals surface area (Å²) in [6.45, 7) is 0. The van der Waals surface area contributed by atoms with Crippen molar-refractivity contribution in [3.05, 3.63) is 5.82 Å². The largest absolute Gasteiger partial charge is 0.398 e. The van der Waals surface area contributed by atoms with E-state index in [1.165, 1.54) is 13.4 Å². The van der Waals surface area contributed by atoms with E-state index in [1.54, 1.807) is 0 Å². The van der Waals surface area contributed by atoms with Crippen molar-refractivity contribution in [2.45, 2.75) is 0 Å². The average molecular weight is 213 g/mol. The summed E-state index contributed by atoms with van der Waals surface area (Å²) in [5.74, 6) is 0.0659. The highest BCUT2D eigenvalue weighted by Gasteiger charge is 2.11. The number of nitrogens with zero attached hydrogens (tertiary/aromatic N) is 3. The highest BCUT2D eigenvalue weighted by Crippen LogP contribution is 2.09. The van der Waals surface area contributed by atoms with Crippen LogP contribution in [-0.4, -0.2) is 34.9 Å². The molecule has 7 nitrogen and oxygen atoms in total.